The Balaban J connectivity index is 0. The molecule has 3 N–H and O–H groups in total. The lowest BCUT2D eigenvalue weighted by Gasteiger charge is -1.84. The molecule has 0 atom stereocenters. The predicted molar refractivity (Wildman–Crippen MR) is 36.2 cm³/mol. The lowest BCUT2D eigenvalue weighted by molar-refractivity contribution is 0.311. The van der Waals surface area contributed by atoms with Crippen LogP contribution in [0.15, 0.2) is 0 Å². The summed E-state index contributed by atoms with van der Waals surface area (Å²) in [7, 11) is 0. The Hall–Kier alpha value is 0.210. The van der Waals surface area contributed by atoms with Crippen LogP contribution in [-0.4, -0.2) is 11.1 Å². The van der Waals surface area contributed by atoms with Crippen molar-refractivity contribution in [3.05, 3.63) is 0 Å². The van der Waals surface area contributed by atoms with Crippen LogP contribution in [0.4, 0.5) is 0 Å². The Labute approximate surface area is 55.6 Å². The molecule has 2 nitrogen and oxygen atoms in total. The van der Waals surface area contributed by atoms with Gasteiger partial charge in [0, 0.05) is 5.88 Å². The first-order valence-corrected chi connectivity index (χ1v) is 3.27. The summed E-state index contributed by atoms with van der Waals surface area (Å²) in [6.07, 6.45) is 3.73. The minimum Gasteiger partial charge on any atom is -0.320 e. The molecule has 0 aromatic carbocycles. The van der Waals surface area contributed by atoms with Crippen molar-refractivity contribution in [2.45, 2.75) is 26.2 Å². The highest BCUT2D eigenvalue weighted by molar-refractivity contribution is 6.17. The fourth-order valence-electron chi connectivity index (χ4n) is 0.344. The van der Waals surface area contributed by atoms with Crippen LogP contribution < -0.4 is 5.90 Å². The Morgan fingerprint density at radius 1 is 1.38 bits per heavy atom. The van der Waals surface area contributed by atoms with Crippen molar-refractivity contribution in [3.8, 4) is 0 Å². The minimum absolute atomic E-state index is 0.827. The summed E-state index contributed by atoms with van der Waals surface area (Å²) in [5, 5.41) is 6.50. The summed E-state index contributed by atoms with van der Waals surface area (Å²) in [5.74, 6) is 4.33. The molecule has 52 valence electrons. The maximum Gasteiger partial charge on any atom is 0.0223 e. The highest BCUT2D eigenvalue weighted by Gasteiger charge is 1.76. The van der Waals surface area contributed by atoms with Crippen LogP contribution in [-0.2, 0) is 0 Å². The molecular weight excluding hydrogens is 126 g/mol. The van der Waals surface area contributed by atoms with Gasteiger partial charge in [0.1, 0.15) is 0 Å². The first-order valence-electron chi connectivity index (χ1n) is 2.73. The number of nitrogens with two attached hydrogens (primary N) is 1. The molecule has 0 aromatic heterocycles. The first-order chi connectivity index (χ1) is 3.91. The summed E-state index contributed by atoms with van der Waals surface area (Å²) in [5.41, 5.74) is 0. The third-order valence-corrected chi connectivity index (χ3v) is 1.00. The summed E-state index contributed by atoms with van der Waals surface area (Å²) in [6.45, 7) is 2.17. The van der Waals surface area contributed by atoms with E-state index in [2.05, 4.69) is 12.8 Å². The molecule has 0 saturated carbocycles. The number of hydrogen-bond acceptors (Lipinski definition) is 2. The van der Waals surface area contributed by atoms with E-state index >= 15 is 0 Å². The normalized spacial score (nSPS) is 7.50. The van der Waals surface area contributed by atoms with Gasteiger partial charge in [-0.05, 0) is 6.42 Å². The van der Waals surface area contributed by atoms with Crippen molar-refractivity contribution in [3.63, 3.8) is 0 Å². The fourth-order valence-corrected chi connectivity index (χ4v) is 0.533. The Bertz CT molecular complexity index is 24.4. The second-order valence-electron chi connectivity index (χ2n) is 1.40. The number of rotatable bonds is 3. The molecule has 0 saturated heterocycles. The number of halogens is 1. The van der Waals surface area contributed by atoms with Gasteiger partial charge in [0.15, 0.2) is 0 Å². The zero-order valence-corrected chi connectivity index (χ0v) is 5.99. The van der Waals surface area contributed by atoms with Crippen LogP contribution in [0.3, 0.4) is 0 Å². The highest BCUT2D eigenvalue weighted by Crippen LogP contribution is 1.93. The van der Waals surface area contributed by atoms with Crippen LogP contribution >= 0.6 is 11.6 Å². The SMILES string of the molecule is CCCCCCl.NO. The molecule has 0 aromatic rings. The van der Waals surface area contributed by atoms with E-state index in [1.54, 1.807) is 0 Å². The summed E-state index contributed by atoms with van der Waals surface area (Å²) in [4.78, 5) is 0. The third kappa shape index (κ3) is 16.4. The maximum atomic E-state index is 6.50. The molecule has 0 bridgehead atoms. The van der Waals surface area contributed by atoms with E-state index in [9.17, 15) is 0 Å². The van der Waals surface area contributed by atoms with Crippen molar-refractivity contribution >= 4 is 11.6 Å². The number of unbranched alkanes of at least 4 members (excludes halogenated alkanes) is 2. The smallest absolute Gasteiger partial charge is 0.0223 e. The van der Waals surface area contributed by atoms with Gasteiger partial charge in [0.25, 0.3) is 0 Å². The van der Waals surface area contributed by atoms with Crippen molar-refractivity contribution in [1.82, 2.24) is 0 Å². The molecule has 0 rings (SSSR count). The van der Waals surface area contributed by atoms with Crippen molar-refractivity contribution in [2.24, 2.45) is 5.90 Å². The molecule has 0 radical (unpaired) electrons. The largest absolute Gasteiger partial charge is 0.320 e. The van der Waals surface area contributed by atoms with Crippen LogP contribution in [0.2, 0.25) is 0 Å². The van der Waals surface area contributed by atoms with E-state index in [-0.39, 0.29) is 0 Å². The third-order valence-electron chi connectivity index (χ3n) is 0.737. The van der Waals surface area contributed by atoms with E-state index in [4.69, 9.17) is 16.8 Å². The maximum absolute atomic E-state index is 6.50. The molecule has 0 aliphatic heterocycles. The van der Waals surface area contributed by atoms with E-state index < -0.39 is 0 Å². The van der Waals surface area contributed by atoms with Gasteiger partial charge in [0.05, 0.1) is 0 Å². The molecule has 0 aliphatic rings. The second kappa shape index (κ2) is 15.7. The molecular formula is C5H14ClNO. The molecule has 8 heavy (non-hydrogen) atoms. The Morgan fingerprint density at radius 3 is 2.00 bits per heavy atom. The molecule has 0 aliphatic carbocycles. The molecule has 0 fully saturated rings. The lowest BCUT2D eigenvalue weighted by atomic mass is 10.3. The zero-order valence-electron chi connectivity index (χ0n) is 5.23. The van der Waals surface area contributed by atoms with Gasteiger partial charge in [-0.15, -0.1) is 11.6 Å². The average molecular weight is 140 g/mol. The fraction of sp³-hybridized carbons (Fsp3) is 1.00. The Morgan fingerprint density at radius 2 is 1.88 bits per heavy atom. The van der Waals surface area contributed by atoms with Crippen molar-refractivity contribution in [2.75, 3.05) is 5.88 Å². The van der Waals surface area contributed by atoms with Gasteiger partial charge < -0.3 is 5.21 Å². The zero-order chi connectivity index (χ0) is 6.83. The van der Waals surface area contributed by atoms with Crippen molar-refractivity contribution in [1.29, 1.82) is 0 Å². The quantitative estimate of drug-likeness (QED) is 0.356. The monoisotopic (exact) mass is 139 g/mol. The van der Waals surface area contributed by atoms with Gasteiger partial charge in [-0.2, -0.15) is 0 Å². The molecule has 0 spiro atoms. The Kier molecular flexibility index (Phi) is 21.7. The van der Waals surface area contributed by atoms with E-state index in [0.29, 0.717) is 0 Å². The average Bonchev–Trinajstić information content (AvgIpc) is 1.88. The van der Waals surface area contributed by atoms with Gasteiger partial charge in [-0.3, -0.25) is 0 Å². The van der Waals surface area contributed by atoms with Crippen LogP contribution in [0, 0.1) is 0 Å². The standard InChI is InChI=1S/C5H11Cl.H3NO/c1-2-3-4-5-6;1-2/h2-5H2,1H3;2H,1H2. The molecule has 0 amide bonds. The van der Waals surface area contributed by atoms with E-state index in [0.717, 1.165) is 5.88 Å². The van der Waals surface area contributed by atoms with Gasteiger partial charge in [0.2, 0.25) is 0 Å². The number of alkyl halides is 1. The predicted octanol–water partition coefficient (Wildman–Crippen LogP) is 1.75. The van der Waals surface area contributed by atoms with Crippen molar-refractivity contribution < 1.29 is 5.21 Å². The van der Waals surface area contributed by atoms with Gasteiger partial charge in [-0.1, -0.05) is 19.8 Å². The minimum atomic E-state index is 0.827. The summed E-state index contributed by atoms with van der Waals surface area (Å²) >= 11 is 5.38. The highest BCUT2D eigenvalue weighted by atomic mass is 35.5. The first kappa shape index (κ1) is 11.1. The van der Waals surface area contributed by atoms with E-state index in [1.165, 1.54) is 19.3 Å². The second-order valence-corrected chi connectivity index (χ2v) is 1.77. The van der Waals surface area contributed by atoms with Gasteiger partial charge in [-0.25, -0.2) is 5.90 Å². The topological polar surface area (TPSA) is 46.2 Å². The van der Waals surface area contributed by atoms with Gasteiger partial charge >= 0.3 is 0 Å². The lowest BCUT2D eigenvalue weighted by Crippen LogP contribution is -1.72. The summed E-state index contributed by atoms with van der Waals surface area (Å²) in [6, 6.07) is 0. The summed E-state index contributed by atoms with van der Waals surface area (Å²) < 4.78 is 0. The van der Waals surface area contributed by atoms with Crippen LogP contribution in [0.1, 0.15) is 26.2 Å². The molecule has 3 heteroatoms. The molecule has 0 heterocycles. The van der Waals surface area contributed by atoms with Crippen LogP contribution in [0.25, 0.3) is 0 Å². The molecule has 0 unspecified atom stereocenters. The number of hydrogen-bond donors (Lipinski definition) is 2. The van der Waals surface area contributed by atoms with E-state index in [1.807, 2.05) is 0 Å². The van der Waals surface area contributed by atoms with Crippen LogP contribution in [0.5, 0.6) is 0 Å².